The predicted octanol–water partition coefficient (Wildman–Crippen LogP) is 0.746. The summed E-state index contributed by atoms with van der Waals surface area (Å²) in [7, 11) is 1.61. The molecule has 0 aromatic carbocycles. The highest BCUT2D eigenvalue weighted by Gasteiger charge is 2.14. The Balaban J connectivity index is 1.83. The smallest absolute Gasteiger partial charge is 0.302 e. The maximum Gasteiger partial charge on any atom is 0.302 e. The summed E-state index contributed by atoms with van der Waals surface area (Å²) >= 11 is 1.27. The zero-order valence-electron chi connectivity index (χ0n) is 12.7. The number of nitrogens with zero attached hydrogens (tertiary/aromatic N) is 4. The van der Waals surface area contributed by atoms with Crippen LogP contribution in [0, 0.1) is 13.8 Å². The number of hydrogen-bond acceptors (Lipinski definition) is 7. The van der Waals surface area contributed by atoms with E-state index in [1.807, 2.05) is 19.9 Å². The molecule has 2 aromatic rings. The lowest BCUT2D eigenvalue weighted by Crippen LogP contribution is -2.36. The first-order valence-electron chi connectivity index (χ1n) is 6.67. The van der Waals surface area contributed by atoms with Crippen LogP contribution in [0.1, 0.15) is 11.4 Å². The van der Waals surface area contributed by atoms with Crippen molar-refractivity contribution in [1.82, 2.24) is 15.2 Å². The Kier molecular flexibility index (Phi) is 5.84. The third kappa shape index (κ3) is 5.08. The maximum absolute atomic E-state index is 11.9. The van der Waals surface area contributed by atoms with Gasteiger partial charge in [-0.1, -0.05) is 11.8 Å². The molecule has 0 aliphatic rings. The molecule has 0 atom stereocenters. The minimum atomic E-state index is -0.206. The molecule has 2 heterocycles. The molecule has 1 N–H and O–H groups in total. The summed E-state index contributed by atoms with van der Waals surface area (Å²) in [4.78, 5) is 20.4. The van der Waals surface area contributed by atoms with Gasteiger partial charge in [0.05, 0.1) is 5.75 Å². The number of carbonyl (C=O) groups excluding carboxylic acids is 1. The largest absolute Gasteiger partial charge is 0.378 e. The van der Waals surface area contributed by atoms with Gasteiger partial charge in [-0.05, 0) is 24.6 Å². The van der Waals surface area contributed by atoms with E-state index in [0.717, 1.165) is 11.4 Å². The van der Waals surface area contributed by atoms with Crippen molar-refractivity contribution >= 4 is 23.6 Å². The zero-order chi connectivity index (χ0) is 15.9. The van der Waals surface area contributed by atoms with Gasteiger partial charge < -0.3 is 4.74 Å². The van der Waals surface area contributed by atoms with E-state index in [1.165, 1.54) is 11.8 Å². The van der Waals surface area contributed by atoms with Crippen molar-refractivity contribution in [2.24, 2.45) is 0 Å². The molecule has 0 saturated carbocycles. The van der Waals surface area contributed by atoms with Gasteiger partial charge in [-0.2, -0.15) is 0 Å². The van der Waals surface area contributed by atoms with Crippen molar-refractivity contribution in [1.29, 1.82) is 0 Å². The number of aromatic nitrogens is 4. The molecular weight excluding hydrogens is 306 g/mol. The Hall–Kier alpha value is -2.00. The van der Waals surface area contributed by atoms with Gasteiger partial charge in [0, 0.05) is 18.5 Å². The fourth-order valence-electron chi connectivity index (χ4n) is 1.69. The van der Waals surface area contributed by atoms with Gasteiger partial charge in [-0.25, -0.2) is 9.97 Å². The summed E-state index contributed by atoms with van der Waals surface area (Å²) in [6.07, 6.45) is 1.61. The number of ether oxygens (including phenoxy) is 1. The van der Waals surface area contributed by atoms with E-state index in [-0.39, 0.29) is 11.7 Å². The summed E-state index contributed by atoms with van der Waals surface area (Å²) < 4.78 is 11.5. The molecule has 0 fully saturated rings. The normalized spacial score (nSPS) is 10.7. The van der Waals surface area contributed by atoms with E-state index >= 15 is 0 Å². The van der Waals surface area contributed by atoms with Gasteiger partial charge >= 0.3 is 5.88 Å². The van der Waals surface area contributed by atoms with Gasteiger partial charge in [0.15, 0.2) is 5.16 Å². The number of nitrogens with one attached hydrogen (secondary N) is 1. The summed E-state index contributed by atoms with van der Waals surface area (Å²) in [6, 6.07) is 1.89. The first kappa shape index (κ1) is 16.4. The van der Waals surface area contributed by atoms with Crippen LogP contribution in [0.4, 0.5) is 5.88 Å². The lowest BCUT2D eigenvalue weighted by atomic mass is 10.4. The third-order valence-electron chi connectivity index (χ3n) is 2.59. The number of anilines is 1. The lowest BCUT2D eigenvalue weighted by Gasteiger charge is -2.02. The second-order valence-corrected chi connectivity index (χ2v) is 5.53. The Morgan fingerprint density at radius 1 is 1.41 bits per heavy atom. The van der Waals surface area contributed by atoms with Gasteiger partial charge in [0.1, 0.15) is 6.61 Å². The lowest BCUT2D eigenvalue weighted by molar-refractivity contribution is -0.763. The number of rotatable bonds is 7. The predicted molar refractivity (Wildman–Crippen MR) is 79.4 cm³/mol. The average Bonchev–Trinajstić information content (AvgIpc) is 2.89. The van der Waals surface area contributed by atoms with Crippen molar-refractivity contribution in [3.8, 4) is 0 Å². The first-order chi connectivity index (χ1) is 10.6. The van der Waals surface area contributed by atoms with Crippen molar-refractivity contribution in [3.63, 3.8) is 0 Å². The molecule has 8 nitrogen and oxygen atoms in total. The van der Waals surface area contributed by atoms with Crippen molar-refractivity contribution in [2.75, 3.05) is 24.8 Å². The molecule has 1 amide bonds. The molecule has 0 saturated heterocycles. The van der Waals surface area contributed by atoms with Gasteiger partial charge in [-0.15, -0.1) is 0 Å². The molecule has 0 bridgehead atoms. The number of thioether (sulfide) groups is 1. The molecule has 118 valence electrons. The molecule has 0 spiro atoms. The molecule has 0 unspecified atom stereocenters. The SMILES string of the molecule is COCC[n+]1cc(NC(=O)CSc2nc(C)cc(C)n2)on1. The first-order valence-corrected chi connectivity index (χ1v) is 7.65. The molecule has 0 aliphatic carbocycles. The van der Waals surface area contributed by atoms with E-state index in [0.29, 0.717) is 24.2 Å². The minimum absolute atomic E-state index is 0.196. The van der Waals surface area contributed by atoms with Crippen molar-refractivity contribution in [3.05, 3.63) is 23.7 Å². The average molecular weight is 324 g/mol. The van der Waals surface area contributed by atoms with Crippen molar-refractivity contribution in [2.45, 2.75) is 25.5 Å². The highest BCUT2D eigenvalue weighted by molar-refractivity contribution is 7.99. The standard InChI is InChI=1S/C13H17N5O3S/c1-9-6-10(2)15-13(14-9)22-8-11(19)16-12-7-18(17-21-12)4-5-20-3/h6-7H,4-5,8H2,1-3H3/p+1. The Labute approximate surface area is 132 Å². The molecular formula is C13H18N5O3S+. The molecule has 2 rings (SSSR count). The van der Waals surface area contributed by atoms with Crippen LogP contribution in [-0.4, -0.2) is 40.6 Å². The molecule has 0 aliphatic heterocycles. The van der Waals surface area contributed by atoms with E-state index in [2.05, 4.69) is 20.6 Å². The fourth-order valence-corrected chi connectivity index (χ4v) is 2.44. The van der Waals surface area contributed by atoms with Crippen LogP contribution in [0.3, 0.4) is 0 Å². The number of amides is 1. The summed E-state index contributed by atoms with van der Waals surface area (Å²) in [5.41, 5.74) is 1.76. The Morgan fingerprint density at radius 3 is 2.82 bits per heavy atom. The summed E-state index contributed by atoms with van der Waals surface area (Å²) in [5, 5.41) is 6.98. The summed E-state index contributed by atoms with van der Waals surface area (Å²) in [5.74, 6) is 0.285. The van der Waals surface area contributed by atoms with E-state index in [4.69, 9.17) is 9.26 Å². The van der Waals surface area contributed by atoms with Crippen LogP contribution in [0.25, 0.3) is 0 Å². The van der Waals surface area contributed by atoms with Crippen LogP contribution in [-0.2, 0) is 16.1 Å². The Morgan fingerprint density at radius 2 is 2.14 bits per heavy atom. The Bertz CT molecular complexity index is 626. The summed E-state index contributed by atoms with van der Waals surface area (Å²) in [6.45, 7) is 4.86. The van der Waals surface area contributed by atoms with Gasteiger partial charge in [-0.3, -0.25) is 14.6 Å². The zero-order valence-corrected chi connectivity index (χ0v) is 13.5. The highest BCUT2D eigenvalue weighted by Crippen LogP contribution is 2.14. The highest BCUT2D eigenvalue weighted by atomic mass is 32.2. The molecule has 0 radical (unpaired) electrons. The fraction of sp³-hybridized carbons (Fsp3) is 0.462. The van der Waals surface area contributed by atoms with Crippen LogP contribution >= 0.6 is 11.8 Å². The molecule has 22 heavy (non-hydrogen) atoms. The van der Waals surface area contributed by atoms with Crippen LogP contribution in [0.15, 0.2) is 21.9 Å². The minimum Gasteiger partial charge on any atom is -0.378 e. The van der Waals surface area contributed by atoms with Crippen LogP contribution in [0.5, 0.6) is 0 Å². The van der Waals surface area contributed by atoms with Gasteiger partial charge in [0.25, 0.3) is 6.20 Å². The van der Waals surface area contributed by atoms with Gasteiger partial charge in [0.2, 0.25) is 17.7 Å². The third-order valence-corrected chi connectivity index (χ3v) is 3.44. The molecule has 2 aromatic heterocycles. The number of hydrogen-bond donors (Lipinski definition) is 1. The number of methoxy groups -OCH3 is 1. The van der Waals surface area contributed by atoms with Crippen LogP contribution in [0.2, 0.25) is 0 Å². The van der Waals surface area contributed by atoms with E-state index in [1.54, 1.807) is 18.0 Å². The second kappa shape index (κ2) is 7.85. The topological polar surface area (TPSA) is 94.0 Å². The maximum atomic E-state index is 11.9. The van der Waals surface area contributed by atoms with E-state index < -0.39 is 0 Å². The monoisotopic (exact) mass is 324 g/mol. The molecule has 9 heteroatoms. The van der Waals surface area contributed by atoms with Crippen LogP contribution < -0.4 is 10.00 Å². The number of aryl methyl sites for hydroxylation is 2. The number of carbonyl (C=O) groups is 1. The quantitative estimate of drug-likeness (QED) is 0.456. The second-order valence-electron chi connectivity index (χ2n) is 4.59. The van der Waals surface area contributed by atoms with E-state index in [9.17, 15) is 4.79 Å². The van der Waals surface area contributed by atoms with Crippen molar-refractivity contribution < 1.29 is 18.7 Å².